The van der Waals surface area contributed by atoms with E-state index in [0.29, 0.717) is 6.54 Å². The molecule has 138 valence electrons. The molecule has 0 spiro atoms. The van der Waals surface area contributed by atoms with E-state index in [1.165, 1.54) is 5.56 Å². The second kappa shape index (κ2) is 9.04. The first-order valence-electron chi connectivity index (χ1n) is 9.35. The normalized spacial score (nSPS) is 11.2. The van der Waals surface area contributed by atoms with Gasteiger partial charge in [-0.25, -0.2) is 0 Å². The second-order valence-electron chi connectivity index (χ2n) is 6.92. The molecule has 0 saturated heterocycles. The van der Waals surface area contributed by atoms with Gasteiger partial charge in [-0.1, -0.05) is 60.7 Å². The summed E-state index contributed by atoms with van der Waals surface area (Å²) in [5.74, 6) is 0.0290. The van der Waals surface area contributed by atoms with Gasteiger partial charge < -0.3 is 9.47 Å². The highest BCUT2D eigenvalue weighted by molar-refractivity contribution is 5.91. The molecule has 2 aromatic carbocycles. The molecule has 0 atom stereocenters. The van der Waals surface area contributed by atoms with Crippen molar-refractivity contribution in [1.82, 2.24) is 9.47 Å². The lowest BCUT2D eigenvalue weighted by Gasteiger charge is -2.26. The zero-order valence-electron chi connectivity index (χ0n) is 16.0. The van der Waals surface area contributed by atoms with Gasteiger partial charge in [-0.15, -0.1) is 0 Å². The molecule has 0 saturated carbocycles. The lowest BCUT2D eigenvalue weighted by atomic mass is 10.2. The summed E-state index contributed by atoms with van der Waals surface area (Å²) in [5, 5.41) is 0. The molecule has 0 bridgehead atoms. The van der Waals surface area contributed by atoms with E-state index in [9.17, 15) is 4.79 Å². The highest BCUT2D eigenvalue weighted by atomic mass is 16.2. The maximum Gasteiger partial charge on any atom is 0.247 e. The molecule has 0 aliphatic carbocycles. The van der Waals surface area contributed by atoms with Crippen molar-refractivity contribution >= 4 is 12.0 Å². The van der Waals surface area contributed by atoms with Crippen LogP contribution < -0.4 is 0 Å². The van der Waals surface area contributed by atoms with Crippen LogP contribution in [0.15, 0.2) is 85.1 Å². The van der Waals surface area contributed by atoms with Crippen LogP contribution in [0, 0.1) is 0 Å². The molecule has 1 heterocycles. The van der Waals surface area contributed by atoms with Crippen molar-refractivity contribution in [2.45, 2.75) is 33.0 Å². The van der Waals surface area contributed by atoms with Crippen LogP contribution in [-0.2, 0) is 17.9 Å². The van der Waals surface area contributed by atoms with Crippen LogP contribution in [-0.4, -0.2) is 21.4 Å². The summed E-state index contributed by atoms with van der Waals surface area (Å²) in [6.45, 7) is 5.51. The summed E-state index contributed by atoms with van der Waals surface area (Å²) in [6.07, 6.45) is 5.62. The molecule has 0 N–H and O–H groups in total. The third-order valence-electron chi connectivity index (χ3n) is 4.58. The molecule has 1 aromatic heterocycles. The minimum absolute atomic E-state index is 0.0290. The summed E-state index contributed by atoms with van der Waals surface area (Å²) >= 11 is 0. The third kappa shape index (κ3) is 5.20. The minimum Gasteiger partial charge on any atom is -0.345 e. The van der Waals surface area contributed by atoms with Crippen LogP contribution in [0.25, 0.3) is 6.08 Å². The van der Waals surface area contributed by atoms with Gasteiger partial charge >= 0.3 is 0 Å². The highest BCUT2D eigenvalue weighted by Crippen LogP contribution is 2.13. The zero-order chi connectivity index (χ0) is 19.1. The van der Waals surface area contributed by atoms with Crippen LogP contribution in [0.4, 0.5) is 0 Å². The van der Waals surface area contributed by atoms with E-state index in [1.807, 2.05) is 53.4 Å². The van der Waals surface area contributed by atoms with Gasteiger partial charge in [0.15, 0.2) is 0 Å². The van der Waals surface area contributed by atoms with Crippen molar-refractivity contribution in [3.05, 3.63) is 102 Å². The Morgan fingerprint density at radius 2 is 1.63 bits per heavy atom. The monoisotopic (exact) mass is 358 g/mol. The smallest absolute Gasteiger partial charge is 0.247 e. The Morgan fingerprint density at radius 3 is 2.30 bits per heavy atom. The predicted molar refractivity (Wildman–Crippen MR) is 111 cm³/mol. The van der Waals surface area contributed by atoms with E-state index >= 15 is 0 Å². The number of aromatic nitrogens is 1. The van der Waals surface area contributed by atoms with E-state index < -0.39 is 0 Å². The van der Waals surface area contributed by atoms with Crippen molar-refractivity contribution in [1.29, 1.82) is 0 Å². The number of carbonyl (C=O) groups is 1. The fraction of sp³-hybridized carbons (Fsp3) is 0.208. The lowest BCUT2D eigenvalue weighted by Crippen LogP contribution is -2.35. The molecular weight excluding hydrogens is 332 g/mol. The number of amides is 1. The predicted octanol–water partition coefficient (Wildman–Crippen LogP) is 4.99. The maximum atomic E-state index is 12.8. The number of nitrogens with zero attached hydrogens (tertiary/aromatic N) is 2. The Bertz CT molecular complexity index is 879. The van der Waals surface area contributed by atoms with Crippen LogP contribution in [0.3, 0.4) is 0 Å². The topological polar surface area (TPSA) is 25.2 Å². The fourth-order valence-electron chi connectivity index (χ4n) is 3.04. The Labute approximate surface area is 161 Å². The molecule has 0 fully saturated rings. The molecule has 3 heteroatoms. The Kier molecular flexibility index (Phi) is 6.26. The summed E-state index contributed by atoms with van der Waals surface area (Å²) in [6, 6.07) is 24.5. The summed E-state index contributed by atoms with van der Waals surface area (Å²) in [4.78, 5) is 14.7. The van der Waals surface area contributed by atoms with Crippen LogP contribution >= 0.6 is 0 Å². The molecule has 0 aliphatic heterocycles. The maximum absolute atomic E-state index is 12.8. The van der Waals surface area contributed by atoms with E-state index in [-0.39, 0.29) is 11.9 Å². The number of hydrogen-bond donors (Lipinski definition) is 0. The second-order valence-corrected chi connectivity index (χ2v) is 6.92. The number of carbonyl (C=O) groups excluding carboxylic acids is 1. The van der Waals surface area contributed by atoms with Crippen LogP contribution in [0.5, 0.6) is 0 Å². The number of hydrogen-bond acceptors (Lipinski definition) is 1. The van der Waals surface area contributed by atoms with E-state index in [2.05, 4.69) is 54.9 Å². The quantitative estimate of drug-likeness (QED) is 0.546. The molecular formula is C24H26N2O. The molecule has 0 radical (unpaired) electrons. The molecule has 3 nitrogen and oxygen atoms in total. The first-order valence-corrected chi connectivity index (χ1v) is 9.35. The summed E-state index contributed by atoms with van der Waals surface area (Å²) in [5.41, 5.74) is 3.41. The van der Waals surface area contributed by atoms with E-state index in [1.54, 1.807) is 6.08 Å². The number of benzene rings is 2. The molecule has 0 unspecified atom stereocenters. The lowest BCUT2D eigenvalue weighted by molar-refractivity contribution is -0.128. The van der Waals surface area contributed by atoms with Gasteiger partial charge in [0.05, 0.1) is 6.54 Å². The van der Waals surface area contributed by atoms with Crippen molar-refractivity contribution in [2.75, 3.05) is 0 Å². The Hall–Kier alpha value is -3.07. The van der Waals surface area contributed by atoms with Crippen LogP contribution in [0.2, 0.25) is 0 Å². The van der Waals surface area contributed by atoms with Crippen molar-refractivity contribution in [3.8, 4) is 0 Å². The molecule has 1 amide bonds. The van der Waals surface area contributed by atoms with Gasteiger partial charge in [-0.05, 0) is 43.2 Å². The largest absolute Gasteiger partial charge is 0.345 e. The SMILES string of the molecule is CC(C)N(Cc1cccn1Cc1ccccc1)C(=O)C=Cc1ccccc1. The van der Waals surface area contributed by atoms with Crippen molar-refractivity contribution in [2.24, 2.45) is 0 Å². The van der Waals surface area contributed by atoms with E-state index in [0.717, 1.165) is 17.8 Å². The van der Waals surface area contributed by atoms with Gasteiger partial charge in [-0.3, -0.25) is 4.79 Å². The Balaban J connectivity index is 1.72. The highest BCUT2D eigenvalue weighted by Gasteiger charge is 2.16. The third-order valence-corrected chi connectivity index (χ3v) is 4.58. The standard InChI is InChI=1S/C24H26N2O/c1-20(2)26(24(27)16-15-21-10-5-3-6-11-21)19-23-14-9-17-25(23)18-22-12-7-4-8-13-22/h3-17,20H,18-19H2,1-2H3. The summed E-state index contributed by atoms with van der Waals surface area (Å²) < 4.78 is 2.21. The first-order chi connectivity index (χ1) is 13.1. The van der Waals surface area contributed by atoms with Gasteiger partial charge in [0, 0.05) is 30.6 Å². The van der Waals surface area contributed by atoms with Gasteiger partial charge in [0.2, 0.25) is 5.91 Å². The van der Waals surface area contributed by atoms with Crippen molar-refractivity contribution < 1.29 is 4.79 Å². The van der Waals surface area contributed by atoms with Gasteiger partial charge in [0.25, 0.3) is 0 Å². The number of rotatable bonds is 7. The minimum atomic E-state index is 0.0290. The van der Waals surface area contributed by atoms with Crippen molar-refractivity contribution in [3.63, 3.8) is 0 Å². The molecule has 3 rings (SSSR count). The van der Waals surface area contributed by atoms with E-state index in [4.69, 9.17) is 0 Å². The van der Waals surface area contributed by atoms with Gasteiger partial charge in [0.1, 0.15) is 0 Å². The molecule has 27 heavy (non-hydrogen) atoms. The fourth-order valence-corrected chi connectivity index (χ4v) is 3.04. The zero-order valence-corrected chi connectivity index (χ0v) is 16.0. The van der Waals surface area contributed by atoms with Crippen LogP contribution in [0.1, 0.15) is 30.7 Å². The van der Waals surface area contributed by atoms with Gasteiger partial charge in [-0.2, -0.15) is 0 Å². The first kappa shape index (κ1) is 18.7. The Morgan fingerprint density at radius 1 is 0.963 bits per heavy atom. The average Bonchev–Trinajstić information content (AvgIpc) is 3.12. The molecule has 3 aromatic rings. The average molecular weight is 358 g/mol. The summed E-state index contributed by atoms with van der Waals surface area (Å²) in [7, 11) is 0. The molecule has 0 aliphatic rings.